The van der Waals surface area contributed by atoms with E-state index >= 15 is 8.78 Å². The fourth-order valence-corrected chi connectivity index (χ4v) is 7.09. The van der Waals surface area contributed by atoms with Gasteiger partial charge in [0.2, 0.25) is 0 Å². The van der Waals surface area contributed by atoms with Crippen LogP contribution in [0.25, 0.3) is 11.3 Å². The number of fused-ring (bicyclic) bond motifs is 10. The highest BCUT2D eigenvalue weighted by atomic mass is 19.4. The van der Waals surface area contributed by atoms with Crippen LogP contribution < -0.4 is 4.90 Å². The van der Waals surface area contributed by atoms with Crippen LogP contribution in [-0.4, -0.2) is 26.3 Å². The lowest BCUT2D eigenvalue weighted by atomic mass is 9.59. The van der Waals surface area contributed by atoms with Gasteiger partial charge in [0, 0.05) is 54.3 Å². The highest BCUT2D eigenvalue weighted by molar-refractivity contribution is 5.91. The molecule has 5 nitrogen and oxygen atoms in total. The van der Waals surface area contributed by atoms with E-state index in [9.17, 15) is 13.2 Å². The van der Waals surface area contributed by atoms with Crippen LogP contribution >= 0.6 is 0 Å². The number of aromatic amines is 1. The third-order valence-corrected chi connectivity index (χ3v) is 9.12. The lowest BCUT2D eigenvalue weighted by molar-refractivity contribution is -0.138. The molecule has 41 heavy (non-hydrogen) atoms. The van der Waals surface area contributed by atoms with Gasteiger partial charge in [0.05, 0.1) is 33.5 Å². The highest BCUT2D eigenvalue weighted by Gasteiger charge is 2.54. The second kappa shape index (κ2) is 8.30. The number of pyridine rings is 1. The molecule has 0 saturated carbocycles. The molecule has 1 aromatic carbocycles. The SMILES string of the molecule is CCc1cccc2c1-n1nc3c(c1C1(C)C2=C(F)C(C)(C)c2[nH]ccc21)CN(c1ncc(C(F)(F)F)cc1F)CC3. The zero-order valence-electron chi connectivity index (χ0n) is 23.0. The second-order valence-corrected chi connectivity index (χ2v) is 11.8. The maximum Gasteiger partial charge on any atom is 0.417 e. The summed E-state index contributed by atoms with van der Waals surface area (Å²) in [5.41, 5.74) is 4.42. The molecule has 3 aliphatic rings. The molecule has 0 bridgehead atoms. The maximum atomic E-state index is 16.8. The molecule has 7 rings (SSSR count). The first-order valence-corrected chi connectivity index (χ1v) is 13.7. The van der Waals surface area contributed by atoms with Crippen molar-refractivity contribution < 1.29 is 22.0 Å². The Kier molecular flexibility index (Phi) is 5.26. The minimum Gasteiger partial charge on any atom is -0.364 e. The number of nitrogens with one attached hydrogen (secondary N) is 1. The largest absolute Gasteiger partial charge is 0.417 e. The minimum absolute atomic E-state index is 0.145. The molecule has 0 radical (unpaired) electrons. The van der Waals surface area contributed by atoms with E-state index in [0.717, 1.165) is 45.0 Å². The number of benzene rings is 1. The van der Waals surface area contributed by atoms with Crippen molar-refractivity contribution in [1.29, 1.82) is 0 Å². The van der Waals surface area contributed by atoms with Gasteiger partial charge >= 0.3 is 6.18 Å². The van der Waals surface area contributed by atoms with E-state index in [1.807, 2.05) is 62.8 Å². The van der Waals surface area contributed by atoms with Gasteiger partial charge in [-0.2, -0.15) is 18.3 Å². The Morgan fingerprint density at radius 3 is 2.59 bits per heavy atom. The zero-order chi connectivity index (χ0) is 29.1. The third kappa shape index (κ3) is 3.33. The van der Waals surface area contributed by atoms with Crippen LogP contribution in [0, 0.1) is 5.82 Å². The number of nitrogens with zero attached hydrogens (tertiary/aromatic N) is 4. The van der Waals surface area contributed by atoms with Crippen molar-refractivity contribution >= 4 is 11.4 Å². The van der Waals surface area contributed by atoms with Crippen molar-refractivity contribution in [2.24, 2.45) is 0 Å². The van der Waals surface area contributed by atoms with Crippen LogP contribution in [0.4, 0.5) is 27.8 Å². The Bertz CT molecular complexity index is 1780. The molecule has 0 fully saturated rings. The summed E-state index contributed by atoms with van der Waals surface area (Å²) in [7, 11) is 0. The summed E-state index contributed by atoms with van der Waals surface area (Å²) in [6.45, 7) is 8.31. The Morgan fingerprint density at radius 1 is 1.10 bits per heavy atom. The van der Waals surface area contributed by atoms with Crippen molar-refractivity contribution in [3.8, 4) is 5.69 Å². The smallest absolute Gasteiger partial charge is 0.364 e. The summed E-state index contributed by atoms with van der Waals surface area (Å²) in [6, 6.07) is 8.40. The molecule has 1 unspecified atom stereocenters. The molecule has 2 aliphatic heterocycles. The first-order chi connectivity index (χ1) is 19.4. The number of anilines is 1. The molecule has 3 aromatic heterocycles. The van der Waals surface area contributed by atoms with Crippen molar-refractivity contribution in [2.75, 3.05) is 11.4 Å². The summed E-state index contributed by atoms with van der Waals surface area (Å²) >= 11 is 0. The lowest BCUT2D eigenvalue weighted by Crippen LogP contribution is -2.42. The molecule has 4 aromatic rings. The van der Waals surface area contributed by atoms with Crippen molar-refractivity contribution in [3.63, 3.8) is 0 Å². The molecule has 1 atom stereocenters. The lowest BCUT2D eigenvalue weighted by Gasteiger charge is -2.46. The average Bonchev–Trinajstić information content (AvgIpc) is 3.58. The number of alkyl halides is 3. The number of aromatic nitrogens is 4. The number of rotatable bonds is 2. The van der Waals surface area contributed by atoms with Crippen LogP contribution in [0.15, 0.2) is 48.6 Å². The Hall–Kier alpha value is -3.95. The quantitative estimate of drug-likeness (QED) is 0.262. The summed E-state index contributed by atoms with van der Waals surface area (Å²) in [6.07, 6.45) is -1.05. The molecule has 1 aliphatic carbocycles. The standard InChI is InChI=1S/C31H28F5N5/c1-5-16-7-6-8-18-23-25(33)29(2,3)26-20(9-11-37-26)30(23,4)27-19-15-40(12-10-22(19)39-41(27)24(16)18)28-21(32)13-17(14-38-28)31(34,35)36/h6-9,11,13-14,37H,5,10,12,15H2,1-4H3. The third-order valence-electron chi connectivity index (χ3n) is 9.12. The number of halogens is 5. The summed E-state index contributed by atoms with van der Waals surface area (Å²) in [4.78, 5) is 8.82. The molecule has 0 saturated heterocycles. The van der Waals surface area contributed by atoms with E-state index < -0.39 is 28.4 Å². The second-order valence-electron chi connectivity index (χ2n) is 11.8. The highest BCUT2D eigenvalue weighted by Crippen LogP contribution is 2.60. The first kappa shape index (κ1) is 26.0. The predicted octanol–water partition coefficient (Wildman–Crippen LogP) is 7.17. The van der Waals surface area contributed by atoms with Crippen molar-refractivity contribution in [3.05, 3.63) is 99.3 Å². The molecule has 212 valence electrons. The monoisotopic (exact) mass is 565 g/mol. The van der Waals surface area contributed by atoms with Gasteiger partial charge in [-0.15, -0.1) is 0 Å². The molecular weight excluding hydrogens is 537 g/mol. The van der Waals surface area contributed by atoms with Gasteiger partial charge in [-0.1, -0.05) is 25.1 Å². The van der Waals surface area contributed by atoms with E-state index in [1.54, 1.807) is 4.90 Å². The van der Waals surface area contributed by atoms with E-state index in [0.29, 0.717) is 37.2 Å². The fraction of sp³-hybridized carbons (Fsp3) is 0.355. The van der Waals surface area contributed by atoms with Gasteiger partial charge in [-0.3, -0.25) is 0 Å². The predicted molar refractivity (Wildman–Crippen MR) is 145 cm³/mol. The molecule has 1 N–H and O–H groups in total. The van der Waals surface area contributed by atoms with Gasteiger partial charge in [0.15, 0.2) is 11.6 Å². The van der Waals surface area contributed by atoms with Crippen LogP contribution in [-0.2, 0) is 36.4 Å². The Labute approximate surface area is 233 Å². The number of aryl methyl sites for hydroxylation is 1. The van der Waals surface area contributed by atoms with E-state index in [2.05, 4.69) is 9.97 Å². The van der Waals surface area contributed by atoms with E-state index in [4.69, 9.17) is 5.10 Å². The summed E-state index contributed by atoms with van der Waals surface area (Å²) < 4.78 is 73.4. The number of H-pyrrole nitrogens is 1. The first-order valence-electron chi connectivity index (χ1n) is 13.7. The fourth-order valence-electron chi connectivity index (χ4n) is 7.09. The van der Waals surface area contributed by atoms with Crippen LogP contribution in [0.1, 0.15) is 72.6 Å². The molecular formula is C31H28F5N5. The van der Waals surface area contributed by atoms with Gasteiger partial charge in [0.1, 0.15) is 5.83 Å². The van der Waals surface area contributed by atoms with Gasteiger partial charge in [0.25, 0.3) is 0 Å². The van der Waals surface area contributed by atoms with E-state index in [1.165, 1.54) is 0 Å². The minimum atomic E-state index is -4.69. The van der Waals surface area contributed by atoms with Gasteiger partial charge < -0.3 is 9.88 Å². The normalized spacial score (nSPS) is 20.8. The molecule has 0 spiro atoms. The van der Waals surface area contributed by atoms with Crippen LogP contribution in [0.3, 0.4) is 0 Å². The van der Waals surface area contributed by atoms with Gasteiger partial charge in [-0.05, 0) is 50.5 Å². The van der Waals surface area contributed by atoms with Crippen molar-refractivity contribution in [2.45, 2.75) is 64.1 Å². The topological polar surface area (TPSA) is 49.7 Å². The average molecular weight is 566 g/mol. The number of allylic oxidation sites excluding steroid dienone is 2. The Morgan fingerprint density at radius 2 is 1.88 bits per heavy atom. The van der Waals surface area contributed by atoms with Crippen LogP contribution in [0.2, 0.25) is 0 Å². The summed E-state index contributed by atoms with van der Waals surface area (Å²) in [5.74, 6) is -1.41. The molecule has 0 amide bonds. The number of hydrogen-bond acceptors (Lipinski definition) is 3. The van der Waals surface area contributed by atoms with Crippen molar-refractivity contribution in [1.82, 2.24) is 19.7 Å². The van der Waals surface area contributed by atoms with E-state index in [-0.39, 0.29) is 18.2 Å². The number of hydrogen-bond donors (Lipinski definition) is 1. The van der Waals surface area contributed by atoms with Gasteiger partial charge in [-0.25, -0.2) is 18.4 Å². The van der Waals surface area contributed by atoms with Crippen LogP contribution in [0.5, 0.6) is 0 Å². The summed E-state index contributed by atoms with van der Waals surface area (Å²) in [5, 5.41) is 5.06. The number of para-hydroxylation sites is 1. The molecule has 5 heterocycles. The Balaban J connectivity index is 1.48. The zero-order valence-corrected chi connectivity index (χ0v) is 23.0. The maximum absolute atomic E-state index is 16.8. The molecule has 10 heteroatoms.